The molecule has 4 rings (SSSR count). The maximum atomic E-state index is 5.95. The average molecular weight is 274 g/mol. The van der Waals surface area contributed by atoms with Crippen molar-refractivity contribution in [2.24, 2.45) is 0 Å². The predicted octanol–water partition coefficient (Wildman–Crippen LogP) is 3.22. The van der Waals surface area contributed by atoms with Crippen molar-refractivity contribution in [1.82, 2.24) is 14.5 Å². The first-order valence-electron chi connectivity index (χ1n) is 6.84. The van der Waals surface area contributed by atoms with Crippen LogP contribution < -0.4 is 5.73 Å². The summed E-state index contributed by atoms with van der Waals surface area (Å²) in [6, 6.07) is 16.2. The smallest absolute Gasteiger partial charge is 0.111 e. The molecule has 0 spiro atoms. The quantitative estimate of drug-likeness (QED) is 0.571. The van der Waals surface area contributed by atoms with E-state index in [0.717, 1.165) is 28.5 Å². The van der Waals surface area contributed by atoms with Crippen molar-refractivity contribution in [2.45, 2.75) is 6.54 Å². The first-order valence-corrected chi connectivity index (χ1v) is 6.84. The van der Waals surface area contributed by atoms with Gasteiger partial charge in [-0.2, -0.15) is 0 Å². The van der Waals surface area contributed by atoms with Crippen molar-refractivity contribution in [3.8, 4) is 0 Å². The van der Waals surface area contributed by atoms with Crippen molar-refractivity contribution in [3.63, 3.8) is 0 Å². The van der Waals surface area contributed by atoms with Crippen LogP contribution in [0.15, 0.2) is 61.1 Å². The molecule has 102 valence electrons. The normalized spacial score (nSPS) is 11.2. The predicted molar refractivity (Wildman–Crippen MR) is 85.0 cm³/mol. The van der Waals surface area contributed by atoms with Gasteiger partial charge in [0, 0.05) is 18.1 Å². The number of pyridine rings is 1. The molecule has 0 amide bonds. The molecule has 0 saturated heterocycles. The monoisotopic (exact) mass is 274 g/mol. The van der Waals surface area contributed by atoms with Gasteiger partial charge >= 0.3 is 0 Å². The Bertz CT molecular complexity index is 940. The molecular weight excluding hydrogens is 260 g/mol. The molecule has 2 N–H and O–H groups in total. The minimum absolute atomic E-state index is 0.714. The Morgan fingerprint density at radius 3 is 2.90 bits per heavy atom. The minimum atomic E-state index is 0.714. The largest absolute Gasteiger partial charge is 0.397 e. The van der Waals surface area contributed by atoms with Gasteiger partial charge in [-0.15, -0.1) is 0 Å². The van der Waals surface area contributed by atoms with Gasteiger partial charge in [0.15, 0.2) is 0 Å². The van der Waals surface area contributed by atoms with Gasteiger partial charge in [0.2, 0.25) is 0 Å². The molecule has 0 saturated carbocycles. The van der Waals surface area contributed by atoms with Crippen molar-refractivity contribution in [1.29, 1.82) is 0 Å². The average Bonchev–Trinajstić information content (AvgIpc) is 2.92. The molecule has 4 aromatic rings. The molecule has 2 heterocycles. The Kier molecular flexibility index (Phi) is 2.60. The van der Waals surface area contributed by atoms with Crippen LogP contribution in [0.5, 0.6) is 0 Å². The molecule has 0 bridgehead atoms. The molecule has 2 aromatic carbocycles. The molecule has 0 unspecified atom stereocenters. The summed E-state index contributed by atoms with van der Waals surface area (Å²) in [5, 5.41) is 1.15. The van der Waals surface area contributed by atoms with E-state index in [9.17, 15) is 0 Å². The maximum absolute atomic E-state index is 5.95. The van der Waals surface area contributed by atoms with Crippen LogP contribution in [0.3, 0.4) is 0 Å². The van der Waals surface area contributed by atoms with Crippen molar-refractivity contribution >= 4 is 27.6 Å². The van der Waals surface area contributed by atoms with Crippen LogP contribution in [0.25, 0.3) is 21.9 Å². The zero-order chi connectivity index (χ0) is 14.2. The Balaban J connectivity index is 1.77. The van der Waals surface area contributed by atoms with E-state index >= 15 is 0 Å². The summed E-state index contributed by atoms with van der Waals surface area (Å²) in [5.74, 6) is 0. The maximum Gasteiger partial charge on any atom is 0.111 e. The Labute approximate surface area is 121 Å². The number of rotatable bonds is 2. The third-order valence-corrected chi connectivity index (χ3v) is 3.70. The van der Waals surface area contributed by atoms with Crippen LogP contribution in [0.1, 0.15) is 5.56 Å². The van der Waals surface area contributed by atoms with Crippen LogP contribution >= 0.6 is 0 Å². The van der Waals surface area contributed by atoms with Crippen LogP contribution in [0.2, 0.25) is 0 Å². The van der Waals surface area contributed by atoms with Crippen LogP contribution in [-0.2, 0) is 6.54 Å². The Morgan fingerprint density at radius 1 is 1.00 bits per heavy atom. The van der Waals surface area contributed by atoms with E-state index in [0.29, 0.717) is 5.69 Å². The molecule has 2 aromatic heterocycles. The van der Waals surface area contributed by atoms with E-state index in [4.69, 9.17) is 5.73 Å². The van der Waals surface area contributed by atoms with Crippen molar-refractivity contribution in [2.75, 3.05) is 5.73 Å². The second-order valence-corrected chi connectivity index (χ2v) is 5.12. The van der Waals surface area contributed by atoms with Crippen molar-refractivity contribution < 1.29 is 0 Å². The van der Waals surface area contributed by atoms with Gasteiger partial charge in [-0.3, -0.25) is 4.98 Å². The van der Waals surface area contributed by atoms with Crippen molar-refractivity contribution in [3.05, 3.63) is 66.6 Å². The van der Waals surface area contributed by atoms with Crippen LogP contribution in [0, 0.1) is 0 Å². The minimum Gasteiger partial charge on any atom is -0.397 e. The zero-order valence-corrected chi connectivity index (χ0v) is 11.4. The fourth-order valence-corrected chi connectivity index (χ4v) is 2.64. The highest BCUT2D eigenvalue weighted by Gasteiger charge is 2.06. The second kappa shape index (κ2) is 4.59. The van der Waals surface area contributed by atoms with Gasteiger partial charge in [0.1, 0.15) is 5.52 Å². The molecular formula is C17H14N4. The van der Waals surface area contributed by atoms with E-state index < -0.39 is 0 Å². The number of benzene rings is 2. The van der Waals surface area contributed by atoms with Crippen LogP contribution in [-0.4, -0.2) is 14.5 Å². The van der Waals surface area contributed by atoms with Crippen LogP contribution in [0.4, 0.5) is 5.69 Å². The first-order chi connectivity index (χ1) is 10.3. The van der Waals surface area contributed by atoms with Gasteiger partial charge in [0.25, 0.3) is 0 Å². The summed E-state index contributed by atoms with van der Waals surface area (Å²) in [5.41, 5.74) is 10.8. The molecule has 0 aliphatic carbocycles. The number of hydrogen-bond donors (Lipinski definition) is 1. The van der Waals surface area contributed by atoms with E-state index in [1.807, 2.05) is 36.8 Å². The topological polar surface area (TPSA) is 56.7 Å². The Morgan fingerprint density at radius 2 is 1.95 bits per heavy atom. The number of fused-ring (bicyclic) bond motifs is 2. The number of hydrogen-bond acceptors (Lipinski definition) is 3. The SMILES string of the molecule is Nc1cccc2c1ncn2Cc1ccc2cccnc2c1. The fraction of sp³-hybridized carbons (Fsp3) is 0.0588. The van der Waals surface area contributed by atoms with E-state index in [1.54, 1.807) is 0 Å². The van der Waals surface area contributed by atoms with E-state index in [-0.39, 0.29) is 0 Å². The highest BCUT2D eigenvalue weighted by Crippen LogP contribution is 2.21. The summed E-state index contributed by atoms with van der Waals surface area (Å²) < 4.78 is 2.11. The standard InChI is InChI=1S/C17H14N4/c18-14-4-1-5-16-17(14)20-11-21(16)10-12-6-7-13-3-2-8-19-15(13)9-12/h1-9,11H,10,18H2. The molecule has 0 radical (unpaired) electrons. The first kappa shape index (κ1) is 11.9. The number of para-hydroxylation sites is 1. The number of nitrogen functional groups attached to an aromatic ring is 1. The van der Waals surface area contributed by atoms with Gasteiger partial charge in [-0.25, -0.2) is 4.98 Å². The Hall–Kier alpha value is -2.88. The van der Waals surface area contributed by atoms with Gasteiger partial charge in [-0.1, -0.05) is 24.3 Å². The molecule has 4 nitrogen and oxygen atoms in total. The number of nitrogens with zero attached hydrogens (tertiary/aromatic N) is 3. The highest BCUT2D eigenvalue weighted by molar-refractivity contribution is 5.87. The zero-order valence-electron chi connectivity index (χ0n) is 11.4. The summed E-state index contributed by atoms with van der Waals surface area (Å²) in [7, 11) is 0. The summed E-state index contributed by atoms with van der Waals surface area (Å²) in [6.07, 6.45) is 3.66. The number of nitrogens with two attached hydrogens (primary N) is 1. The summed E-state index contributed by atoms with van der Waals surface area (Å²) in [6.45, 7) is 0.756. The number of imidazole rings is 1. The summed E-state index contributed by atoms with van der Waals surface area (Å²) in [4.78, 5) is 8.80. The molecule has 0 atom stereocenters. The third kappa shape index (κ3) is 2.01. The molecule has 0 aliphatic heterocycles. The highest BCUT2D eigenvalue weighted by atomic mass is 15.0. The lowest BCUT2D eigenvalue weighted by Crippen LogP contribution is -1.98. The molecule has 0 fully saturated rings. The van der Waals surface area contributed by atoms with Gasteiger partial charge in [-0.05, 0) is 29.8 Å². The second-order valence-electron chi connectivity index (χ2n) is 5.12. The molecule has 4 heteroatoms. The summed E-state index contributed by atoms with van der Waals surface area (Å²) >= 11 is 0. The lowest BCUT2D eigenvalue weighted by Gasteiger charge is -2.06. The van der Waals surface area contributed by atoms with E-state index in [2.05, 4.69) is 38.8 Å². The third-order valence-electron chi connectivity index (χ3n) is 3.70. The number of anilines is 1. The number of aromatic nitrogens is 3. The van der Waals surface area contributed by atoms with Gasteiger partial charge < -0.3 is 10.3 Å². The molecule has 0 aliphatic rings. The fourth-order valence-electron chi connectivity index (χ4n) is 2.64. The lowest BCUT2D eigenvalue weighted by atomic mass is 10.1. The lowest BCUT2D eigenvalue weighted by molar-refractivity contribution is 0.825. The van der Waals surface area contributed by atoms with E-state index in [1.165, 1.54) is 5.56 Å². The van der Waals surface area contributed by atoms with Gasteiger partial charge in [0.05, 0.1) is 23.0 Å². The molecule has 21 heavy (non-hydrogen) atoms.